The Balaban J connectivity index is 2.70. The van der Waals surface area contributed by atoms with Gasteiger partial charge in [0.1, 0.15) is 4.88 Å². The van der Waals surface area contributed by atoms with Crippen molar-refractivity contribution < 1.29 is 14.3 Å². The molecule has 0 fully saturated rings. The van der Waals surface area contributed by atoms with Crippen LogP contribution in [0.1, 0.15) is 41.2 Å². The molecule has 1 rings (SSSR count). The second kappa shape index (κ2) is 5.12. The van der Waals surface area contributed by atoms with E-state index in [1.165, 1.54) is 18.3 Å². The van der Waals surface area contributed by atoms with Crippen LogP contribution >= 0.6 is 11.3 Å². The Morgan fingerprint density at radius 1 is 1.31 bits per heavy atom. The number of ether oxygens (including phenoxy) is 1. The molecule has 2 N–H and O–H groups in total. The van der Waals surface area contributed by atoms with Crippen molar-refractivity contribution in [3.63, 3.8) is 0 Å². The van der Waals surface area contributed by atoms with Gasteiger partial charge in [-0.15, -0.1) is 11.3 Å². The van der Waals surface area contributed by atoms with E-state index in [4.69, 9.17) is 10.5 Å². The normalized spacial score (nSPS) is 12.5. The molecular weight excluding hydrogens is 226 g/mol. The van der Waals surface area contributed by atoms with Crippen LogP contribution in [0.25, 0.3) is 0 Å². The average molecular weight is 241 g/mol. The molecule has 0 aromatic carbocycles. The first kappa shape index (κ1) is 12.7. The molecule has 1 amide bonds. The molecule has 1 atom stereocenters. The van der Waals surface area contributed by atoms with E-state index in [1.807, 2.05) is 19.9 Å². The van der Waals surface area contributed by atoms with Gasteiger partial charge in [0.25, 0.3) is 5.91 Å². The van der Waals surface area contributed by atoms with E-state index in [0.717, 1.165) is 4.88 Å². The first-order chi connectivity index (χ1) is 7.41. The molecule has 1 heterocycles. The summed E-state index contributed by atoms with van der Waals surface area (Å²) in [6, 6.07) is 3.59. The number of hydrogen-bond acceptors (Lipinski definition) is 4. The average Bonchev–Trinajstić information content (AvgIpc) is 2.65. The standard InChI is InChI=1S/C11H15NO3S/c1-6(2)8-4-5-9(16-8)11(14)15-7(3)10(12)13/h4-7H,1-3H3,(H2,12,13). The predicted molar refractivity (Wildman–Crippen MR) is 62.5 cm³/mol. The number of amides is 1. The Morgan fingerprint density at radius 3 is 2.38 bits per heavy atom. The predicted octanol–water partition coefficient (Wildman–Crippen LogP) is 1.90. The molecule has 16 heavy (non-hydrogen) atoms. The molecule has 0 bridgehead atoms. The maximum absolute atomic E-state index is 11.6. The maximum atomic E-state index is 11.6. The highest BCUT2D eigenvalue weighted by Crippen LogP contribution is 2.24. The molecule has 0 saturated heterocycles. The third kappa shape index (κ3) is 3.06. The topological polar surface area (TPSA) is 69.4 Å². The summed E-state index contributed by atoms with van der Waals surface area (Å²) in [6.45, 7) is 5.55. The monoisotopic (exact) mass is 241 g/mol. The second-order valence-electron chi connectivity index (χ2n) is 3.81. The van der Waals surface area contributed by atoms with Gasteiger partial charge in [-0.25, -0.2) is 4.79 Å². The van der Waals surface area contributed by atoms with Crippen LogP contribution in [0, 0.1) is 0 Å². The lowest BCUT2D eigenvalue weighted by Crippen LogP contribution is -2.30. The molecule has 5 heteroatoms. The van der Waals surface area contributed by atoms with Crippen molar-refractivity contribution in [2.45, 2.75) is 32.8 Å². The van der Waals surface area contributed by atoms with Crippen molar-refractivity contribution in [1.82, 2.24) is 0 Å². The number of esters is 1. The van der Waals surface area contributed by atoms with Crippen molar-refractivity contribution in [2.75, 3.05) is 0 Å². The summed E-state index contributed by atoms with van der Waals surface area (Å²) < 4.78 is 4.89. The Kier molecular flexibility index (Phi) is 4.06. The van der Waals surface area contributed by atoms with Crippen molar-refractivity contribution >= 4 is 23.2 Å². The van der Waals surface area contributed by atoms with Gasteiger partial charge in [0, 0.05) is 4.88 Å². The summed E-state index contributed by atoms with van der Waals surface area (Å²) in [5, 5.41) is 0. The molecule has 0 aliphatic rings. The van der Waals surface area contributed by atoms with Gasteiger partial charge in [-0.05, 0) is 25.0 Å². The molecule has 0 aliphatic heterocycles. The van der Waals surface area contributed by atoms with E-state index in [1.54, 1.807) is 6.07 Å². The van der Waals surface area contributed by atoms with Crippen LogP contribution in [0.3, 0.4) is 0 Å². The summed E-state index contributed by atoms with van der Waals surface area (Å²) in [4.78, 5) is 23.9. The smallest absolute Gasteiger partial charge is 0.349 e. The lowest BCUT2D eigenvalue weighted by atomic mass is 10.2. The fraction of sp³-hybridized carbons (Fsp3) is 0.455. The minimum Gasteiger partial charge on any atom is -0.448 e. The van der Waals surface area contributed by atoms with Crippen molar-refractivity contribution in [3.05, 3.63) is 21.9 Å². The van der Waals surface area contributed by atoms with Crippen LogP contribution in [-0.2, 0) is 9.53 Å². The lowest BCUT2D eigenvalue weighted by molar-refractivity contribution is -0.125. The van der Waals surface area contributed by atoms with Crippen LogP contribution in [0.4, 0.5) is 0 Å². The molecule has 0 saturated carbocycles. The van der Waals surface area contributed by atoms with E-state index >= 15 is 0 Å². The maximum Gasteiger partial charge on any atom is 0.349 e. The number of thiophene rings is 1. The highest BCUT2D eigenvalue weighted by atomic mass is 32.1. The highest BCUT2D eigenvalue weighted by Gasteiger charge is 2.18. The Hall–Kier alpha value is -1.36. The van der Waals surface area contributed by atoms with Gasteiger partial charge in [0.2, 0.25) is 0 Å². The fourth-order valence-electron chi connectivity index (χ4n) is 1.05. The first-order valence-electron chi connectivity index (χ1n) is 5.02. The number of rotatable bonds is 4. The molecule has 1 unspecified atom stereocenters. The van der Waals surface area contributed by atoms with Crippen molar-refractivity contribution in [3.8, 4) is 0 Å². The second-order valence-corrected chi connectivity index (χ2v) is 4.92. The van der Waals surface area contributed by atoms with Gasteiger partial charge in [0.05, 0.1) is 0 Å². The molecular formula is C11H15NO3S. The van der Waals surface area contributed by atoms with Crippen LogP contribution in [0.2, 0.25) is 0 Å². The summed E-state index contributed by atoms with van der Waals surface area (Å²) in [5.74, 6) is -0.766. The van der Waals surface area contributed by atoms with E-state index in [9.17, 15) is 9.59 Å². The van der Waals surface area contributed by atoms with Crippen LogP contribution in [0.5, 0.6) is 0 Å². The third-order valence-corrected chi connectivity index (χ3v) is 3.45. The molecule has 1 aromatic heterocycles. The SMILES string of the molecule is CC(OC(=O)c1ccc(C(C)C)s1)C(N)=O. The number of carbonyl (C=O) groups excluding carboxylic acids is 2. The van der Waals surface area contributed by atoms with Crippen LogP contribution in [-0.4, -0.2) is 18.0 Å². The van der Waals surface area contributed by atoms with Crippen LogP contribution in [0.15, 0.2) is 12.1 Å². The zero-order valence-corrected chi connectivity index (χ0v) is 10.3. The quantitative estimate of drug-likeness (QED) is 0.818. The van der Waals surface area contributed by atoms with E-state index in [0.29, 0.717) is 10.8 Å². The zero-order chi connectivity index (χ0) is 12.3. The number of hydrogen-bond donors (Lipinski definition) is 1. The summed E-state index contributed by atoms with van der Waals surface area (Å²) in [7, 11) is 0. The lowest BCUT2D eigenvalue weighted by Gasteiger charge is -2.07. The van der Waals surface area contributed by atoms with Crippen LogP contribution < -0.4 is 5.73 Å². The van der Waals surface area contributed by atoms with Gasteiger partial charge in [-0.1, -0.05) is 13.8 Å². The minimum atomic E-state index is -0.892. The van der Waals surface area contributed by atoms with Gasteiger partial charge < -0.3 is 10.5 Å². The number of primary amides is 1. The van der Waals surface area contributed by atoms with E-state index < -0.39 is 18.0 Å². The Morgan fingerprint density at radius 2 is 1.94 bits per heavy atom. The van der Waals surface area contributed by atoms with Crippen molar-refractivity contribution in [1.29, 1.82) is 0 Å². The minimum absolute atomic E-state index is 0.375. The fourth-order valence-corrected chi connectivity index (χ4v) is 1.94. The molecule has 0 radical (unpaired) electrons. The van der Waals surface area contributed by atoms with Gasteiger partial charge in [-0.3, -0.25) is 4.79 Å². The molecule has 0 aliphatic carbocycles. The third-order valence-electron chi connectivity index (χ3n) is 2.08. The molecule has 0 spiro atoms. The van der Waals surface area contributed by atoms with Crippen molar-refractivity contribution in [2.24, 2.45) is 5.73 Å². The largest absolute Gasteiger partial charge is 0.448 e. The zero-order valence-electron chi connectivity index (χ0n) is 9.52. The molecule has 88 valence electrons. The molecule has 1 aromatic rings. The summed E-state index contributed by atoms with van der Waals surface area (Å²) in [6.07, 6.45) is -0.892. The van der Waals surface area contributed by atoms with E-state index in [-0.39, 0.29) is 0 Å². The summed E-state index contributed by atoms with van der Waals surface area (Å²) in [5.41, 5.74) is 5.00. The first-order valence-corrected chi connectivity index (χ1v) is 5.83. The summed E-state index contributed by atoms with van der Waals surface area (Å²) >= 11 is 1.38. The number of carbonyl (C=O) groups is 2. The Bertz CT molecular complexity index is 398. The Labute approximate surface area is 98.4 Å². The molecule has 4 nitrogen and oxygen atoms in total. The van der Waals surface area contributed by atoms with Gasteiger partial charge >= 0.3 is 5.97 Å². The number of nitrogens with two attached hydrogens (primary N) is 1. The van der Waals surface area contributed by atoms with Gasteiger partial charge in [0.15, 0.2) is 6.10 Å². The highest BCUT2D eigenvalue weighted by molar-refractivity contribution is 7.14. The van der Waals surface area contributed by atoms with Gasteiger partial charge in [-0.2, -0.15) is 0 Å². The van der Waals surface area contributed by atoms with E-state index in [2.05, 4.69) is 0 Å².